The van der Waals surface area contributed by atoms with E-state index < -0.39 is 0 Å². The molecule has 2 aliphatic rings. The molecule has 7 nitrogen and oxygen atoms in total. The molecule has 2 fully saturated rings. The van der Waals surface area contributed by atoms with E-state index in [0.717, 1.165) is 25.9 Å². The van der Waals surface area contributed by atoms with Gasteiger partial charge in [0.1, 0.15) is 6.54 Å². The summed E-state index contributed by atoms with van der Waals surface area (Å²) in [6.45, 7) is 1.50. The number of fused-ring (bicyclic) bond motifs is 3. The Kier molecular flexibility index (Phi) is 3.22. The highest BCUT2D eigenvalue weighted by Gasteiger charge is 2.31. The van der Waals surface area contributed by atoms with Crippen molar-refractivity contribution < 1.29 is 4.79 Å². The number of nitrogens with zero attached hydrogens (tertiary/aromatic N) is 4. The van der Waals surface area contributed by atoms with Crippen LogP contribution in [0.2, 0.25) is 0 Å². The van der Waals surface area contributed by atoms with Crippen molar-refractivity contribution in [2.45, 2.75) is 37.9 Å². The fourth-order valence-corrected chi connectivity index (χ4v) is 3.47. The summed E-state index contributed by atoms with van der Waals surface area (Å²) in [7, 11) is 0. The van der Waals surface area contributed by atoms with Crippen LogP contribution in [-0.2, 0) is 11.3 Å². The third-order valence-electron chi connectivity index (χ3n) is 4.65. The van der Waals surface area contributed by atoms with E-state index in [2.05, 4.69) is 10.4 Å². The molecule has 0 radical (unpaired) electrons. The molecule has 0 saturated carbocycles. The predicted molar refractivity (Wildman–Crippen MR) is 80.6 cm³/mol. The van der Waals surface area contributed by atoms with Gasteiger partial charge in [0.05, 0.1) is 0 Å². The van der Waals surface area contributed by atoms with Gasteiger partial charge in [-0.3, -0.25) is 9.20 Å². The van der Waals surface area contributed by atoms with E-state index in [-0.39, 0.29) is 18.1 Å². The van der Waals surface area contributed by atoms with Crippen molar-refractivity contribution in [2.75, 3.05) is 13.1 Å². The standard InChI is InChI=1S/C15H19N5O2/c21-14(18-8-6-11-4-5-12(9-18)16-11)10-20-15(22)19-7-2-1-3-13(19)17-20/h1-3,7,11-12,16H,4-6,8-10H2. The van der Waals surface area contributed by atoms with Crippen LogP contribution in [-0.4, -0.2) is 50.2 Å². The number of carbonyl (C=O) groups is 1. The Labute approximate surface area is 127 Å². The Morgan fingerprint density at radius 3 is 3.00 bits per heavy atom. The van der Waals surface area contributed by atoms with Crippen LogP contribution in [0.25, 0.3) is 5.65 Å². The fraction of sp³-hybridized carbons (Fsp3) is 0.533. The lowest BCUT2D eigenvalue weighted by atomic mass is 10.1. The topological polar surface area (TPSA) is 71.6 Å². The van der Waals surface area contributed by atoms with E-state index in [9.17, 15) is 9.59 Å². The van der Waals surface area contributed by atoms with E-state index in [4.69, 9.17) is 0 Å². The minimum Gasteiger partial charge on any atom is -0.339 e. The zero-order chi connectivity index (χ0) is 15.1. The summed E-state index contributed by atoms with van der Waals surface area (Å²) in [6.07, 6.45) is 4.99. The van der Waals surface area contributed by atoms with Gasteiger partial charge in [-0.05, 0) is 31.4 Å². The second-order valence-electron chi connectivity index (χ2n) is 6.14. The van der Waals surface area contributed by atoms with Crippen LogP contribution in [0.3, 0.4) is 0 Å². The largest absolute Gasteiger partial charge is 0.350 e. The summed E-state index contributed by atoms with van der Waals surface area (Å²) in [5.74, 6) is -0.0279. The number of hydrogen-bond acceptors (Lipinski definition) is 4. The van der Waals surface area contributed by atoms with E-state index >= 15 is 0 Å². The quantitative estimate of drug-likeness (QED) is 0.837. The Hall–Kier alpha value is -2.15. The summed E-state index contributed by atoms with van der Waals surface area (Å²) in [6, 6.07) is 6.30. The summed E-state index contributed by atoms with van der Waals surface area (Å²) < 4.78 is 2.72. The second kappa shape index (κ2) is 5.24. The van der Waals surface area contributed by atoms with E-state index in [0.29, 0.717) is 17.7 Å². The number of likely N-dealkylation sites (tertiary alicyclic amines) is 1. The molecule has 2 saturated heterocycles. The summed E-state index contributed by atoms with van der Waals surface area (Å²) >= 11 is 0. The lowest BCUT2D eigenvalue weighted by Crippen LogP contribution is -2.41. The van der Waals surface area contributed by atoms with Gasteiger partial charge in [-0.2, -0.15) is 0 Å². The second-order valence-corrected chi connectivity index (χ2v) is 6.14. The highest BCUT2D eigenvalue weighted by atomic mass is 16.2. The SMILES string of the molecule is O=C(Cn1nc2ccccn2c1=O)N1CCC2CCC(C1)N2. The zero-order valence-electron chi connectivity index (χ0n) is 12.3. The Balaban J connectivity index is 1.53. The summed E-state index contributed by atoms with van der Waals surface area (Å²) in [5.41, 5.74) is 0.301. The lowest BCUT2D eigenvalue weighted by Gasteiger charge is -2.24. The molecule has 7 heteroatoms. The zero-order valence-corrected chi connectivity index (χ0v) is 12.3. The average Bonchev–Trinajstić information content (AvgIpc) is 3.00. The van der Waals surface area contributed by atoms with Crippen molar-refractivity contribution in [1.82, 2.24) is 24.4 Å². The fourth-order valence-electron chi connectivity index (χ4n) is 3.47. The average molecular weight is 301 g/mol. The number of pyridine rings is 1. The summed E-state index contributed by atoms with van der Waals surface area (Å²) in [5, 5.41) is 7.77. The third-order valence-corrected chi connectivity index (χ3v) is 4.65. The minimum absolute atomic E-state index is 0.0118. The van der Waals surface area contributed by atoms with Gasteiger partial charge in [-0.25, -0.2) is 9.48 Å². The first kappa shape index (κ1) is 13.5. The third kappa shape index (κ3) is 2.31. The van der Waals surface area contributed by atoms with Crippen LogP contribution in [0.1, 0.15) is 19.3 Å². The molecule has 2 unspecified atom stereocenters. The molecule has 116 valence electrons. The molecular weight excluding hydrogens is 282 g/mol. The summed E-state index contributed by atoms with van der Waals surface area (Å²) in [4.78, 5) is 26.6. The van der Waals surface area contributed by atoms with Crippen LogP contribution in [0.5, 0.6) is 0 Å². The van der Waals surface area contributed by atoms with Gasteiger partial charge in [0, 0.05) is 31.4 Å². The molecule has 2 atom stereocenters. The molecule has 1 amide bonds. The molecule has 22 heavy (non-hydrogen) atoms. The molecule has 4 heterocycles. The molecule has 4 rings (SSSR count). The minimum atomic E-state index is -0.265. The van der Waals surface area contributed by atoms with E-state index in [1.165, 1.54) is 15.5 Å². The first-order valence-electron chi connectivity index (χ1n) is 7.79. The van der Waals surface area contributed by atoms with Gasteiger partial charge >= 0.3 is 5.69 Å². The van der Waals surface area contributed by atoms with Crippen molar-refractivity contribution in [3.05, 3.63) is 34.9 Å². The predicted octanol–water partition coefficient (Wildman–Crippen LogP) is -0.151. The van der Waals surface area contributed by atoms with E-state index in [1.54, 1.807) is 18.3 Å². The van der Waals surface area contributed by atoms with Crippen LogP contribution in [0, 0.1) is 0 Å². The molecule has 0 aromatic carbocycles. The van der Waals surface area contributed by atoms with Gasteiger partial charge in [0.15, 0.2) is 5.65 Å². The van der Waals surface area contributed by atoms with Gasteiger partial charge in [-0.15, -0.1) is 5.10 Å². The monoisotopic (exact) mass is 301 g/mol. The Morgan fingerprint density at radius 2 is 2.14 bits per heavy atom. The van der Waals surface area contributed by atoms with Crippen LogP contribution in [0.15, 0.2) is 29.2 Å². The van der Waals surface area contributed by atoms with Crippen molar-refractivity contribution in [3.8, 4) is 0 Å². The maximum absolute atomic E-state index is 12.5. The number of rotatable bonds is 2. The first-order valence-corrected chi connectivity index (χ1v) is 7.79. The molecular formula is C15H19N5O2. The molecule has 2 aliphatic heterocycles. The Morgan fingerprint density at radius 1 is 1.27 bits per heavy atom. The molecule has 2 aromatic rings. The number of hydrogen-bond donors (Lipinski definition) is 1. The molecule has 0 spiro atoms. The molecule has 0 aliphatic carbocycles. The molecule has 1 N–H and O–H groups in total. The van der Waals surface area contributed by atoms with Crippen LogP contribution < -0.4 is 11.0 Å². The van der Waals surface area contributed by atoms with Gasteiger partial charge < -0.3 is 10.2 Å². The number of nitrogens with one attached hydrogen (secondary N) is 1. The highest BCUT2D eigenvalue weighted by molar-refractivity contribution is 5.76. The van der Waals surface area contributed by atoms with Crippen molar-refractivity contribution in [2.24, 2.45) is 0 Å². The van der Waals surface area contributed by atoms with Gasteiger partial charge in [0.2, 0.25) is 5.91 Å². The number of aromatic nitrogens is 3. The highest BCUT2D eigenvalue weighted by Crippen LogP contribution is 2.20. The van der Waals surface area contributed by atoms with Crippen LogP contribution >= 0.6 is 0 Å². The Bertz CT molecular complexity index is 765. The van der Waals surface area contributed by atoms with Crippen molar-refractivity contribution in [3.63, 3.8) is 0 Å². The van der Waals surface area contributed by atoms with Crippen LogP contribution in [0.4, 0.5) is 0 Å². The van der Waals surface area contributed by atoms with Crippen molar-refractivity contribution in [1.29, 1.82) is 0 Å². The maximum Gasteiger partial charge on any atom is 0.350 e. The van der Waals surface area contributed by atoms with Crippen molar-refractivity contribution >= 4 is 11.6 Å². The smallest absolute Gasteiger partial charge is 0.339 e. The molecule has 2 bridgehead atoms. The number of carbonyl (C=O) groups excluding carboxylic acids is 1. The van der Waals surface area contributed by atoms with Gasteiger partial charge in [0.25, 0.3) is 0 Å². The number of amides is 1. The normalized spacial score (nSPS) is 24.6. The molecule has 2 aromatic heterocycles. The maximum atomic E-state index is 12.5. The lowest BCUT2D eigenvalue weighted by molar-refractivity contribution is -0.132. The van der Waals surface area contributed by atoms with Gasteiger partial charge in [-0.1, -0.05) is 6.07 Å². The van der Waals surface area contributed by atoms with E-state index in [1.807, 2.05) is 11.0 Å². The first-order chi connectivity index (χ1) is 10.7.